The molecule has 0 heterocycles. The highest BCUT2D eigenvalue weighted by Gasteiger charge is 2.15. The van der Waals surface area contributed by atoms with Gasteiger partial charge >= 0.3 is 0 Å². The summed E-state index contributed by atoms with van der Waals surface area (Å²) in [6.07, 6.45) is 0. The number of alkyl halides is 1. The number of ether oxygens (including phenoxy) is 1. The third-order valence-electron chi connectivity index (χ3n) is 2.78. The maximum atomic E-state index is 5.25. The molecule has 0 bridgehead atoms. The summed E-state index contributed by atoms with van der Waals surface area (Å²) in [5, 5.41) is 0.867. The van der Waals surface area contributed by atoms with Crippen LogP contribution in [0.3, 0.4) is 0 Å². The molecule has 1 aromatic carbocycles. The fourth-order valence-corrected chi connectivity index (χ4v) is 2.79. The lowest BCUT2D eigenvalue weighted by atomic mass is 10.1. The van der Waals surface area contributed by atoms with Crippen LogP contribution in [0.4, 0.5) is 5.69 Å². The van der Waals surface area contributed by atoms with Crippen molar-refractivity contribution >= 4 is 37.5 Å². The first kappa shape index (κ1) is 15.0. The van der Waals surface area contributed by atoms with Gasteiger partial charge in [-0.2, -0.15) is 0 Å². The van der Waals surface area contributed by atoms with E-state index < -0.39 is 0 Å². The summed E-state index contributed by atoms with van der Waals surface area (Å²) in [6, 6.07) is 6.77. The first-order chi connectivity index (χ1) is 8.13. The van der Waals surface area contributed by atoms with E-state index in [1.807, 2.05) is 0 Å². The van der Waals surface area contributed by atoms with E-state index in [2.05, 4.69) is 68.8 Å². The lowest BCUT2D eigenvalue weighted by Crippen LogP contribution is -2.36. The summed E-state index contributed by atoms with van der Waals surface area (Å²) >= 11 is 7.08. The molecule has 1 aromatic rings. The molecule has 0 spiro atoms. The quantitative estimate of drug-likeness (QED) is 0.701. The zero-order valence-corrected chi connectivity index (χ0v) is 13.7. The van der Waals surface area contributed by atoms with Crippen LogP contribution >= 0.6 is 31.9 Å². The van der Waals surface area contributed by atoms with Gasteiger partial charge in [-0.1, -0.05) is 37.9 Å². The van der Waals surface area contributed by atoms with E-state index >= 15 is 0 Å². The van der Waals surface area contributed by atoms with Crippen molar-refractivity contribution < 1.29 is 4.74 Å². The van der Waals surface area contributed by atoms with E-state index in [0.717, 1.165) is 23.0 Å². The van der Waals surface area contributed by atoms with Crippen LogP contribution in [0.5, 0.6) is 0 Å². The number of anilines is 1. The molecule has 1 unspecified atom stereocenters. The zero-order valence-electron chi connectivity index (χ0n) is 10.5. The second-order valence-electron chi connectivity index (χ2n) is 4.00. The average molecular weight is 365 g/mol. The van der Waals surface area contributed by atoms with Crippen LogP contribution in [-0.2, 0) is 10.1 Å². The van der Waals surface area contributed by atoms with Gasteiger partial charge in [0.1, 0.15) is 0 Å². The van der Waals surface area contributed by atoms with Crippen molar-refractivity contribution in [2.45, 2.75) is 25.2 Å². The van der Waals surface area contributed by atoms with Gasteiger partial charge in [0.15, 0.2) is 0 Å². The highest BCUT2D eigenvalue weighted by Crippen LogP contribution is 2.28. The van der Waals surface area contributed by atoms with E-state index in [9.17, 15) is 0 Å². The summed E-state index contributed by atoms with van der Waals surface area (Å²) < 4.78 is 6.36. The van der Waals surface area contributed by atoms with Crippen molar-refractivity contribution in [1.29, 1.82) is 0 Å². The summed E-state index contributed by atoms with van der Waals surface area (Å²) in [5.41, 5.74) is 2.57. The molecule has 0 saturated carbocycles. The van der Waals surface area contributed by atoms with Crippen molar-refractivity contribution in [2.24, 2.45) is 0 Å². The van der Waals surface area contributed by atoms with Crippen LogP contribution in [0.25, 0.3) is 0 Å². The SMILES string of the molecule is CCN(c1cc(Br)ccc1CBr)C(C)COC. The highest BCUT2D eigenvalue weighted by atomic mass is 79.9. The first-order valence-corrected chi connectivity index (χ1v) is 7.65. The Kier molecular flexibility index (Phi) is 6.52. The largest absolute Gasteiger partial charge is 0.383 e. The molecule has 1 atom stereocenters. The predicted molar refractivity (Wildman–Crippen MR) is 81.1 cm³/mol. The van der Waals surface area contributed by atoms with E-state index in [4.69, 9.17) is 4.74 Å². The predicted octanol–water partition coefficient (Wildman–Crippen LogP) is 4.21. The number of nitrogens with zero attached hydrogens (tertiary/aromatic N) is 1. The molecule has 0 saturated heterocycles. The molecule has 0 N–H and O–H groups in total. The Hall–Kier alpha value is -0.0600. The first-order valence-electron chi connectivity index (χ1n) is 5.74. The molecule has 2 nitrogen and oxygen atoms in total. The molecular weight excluding hydrogens is 346 g/mol. The third-order valence-corrected chi connectivity index (χ3v) is 3.88. The minimum Gasteiger partial charge on any atom is -0.383 e. The lowest BCUT2D eigenvalue weighted by Gasteiger charge is -2.31. The second-order valence-corrected chi connectivity index (χ2v) is 5.47. The van der Waals surface area contributed by atoms with Gasteiger partial charge in [-0.05, 0) is 31.5 Å². The third kappa shape index (κ3) is 3.97. The number of likely N-dealkylation sites (N-methyl/N-ethyl adjacent to an activating group) is 1. The van der Waals surface area contributed by atoms with Crippen LogP contribution in [0.1, 0.15) is 19.4 Å². The molecule has 96 valence electrons. The van der Waals surface area contributed by atoms with Gasteiger partial charge in [-0.3, -0.25) is 0 Å². The van der Waals surface area contributed by atoms with Crippen molar-refractivity contribution in [3.05, 3.63) is 28.2 Å². The molecule has 0 aliphatic heterocycles. The van der Waals surface area contributed by atoms with E-state index in [1.165, 1.54) is 11.3 Å². The summed E-state index contributed by atoms with van der Waals surface area (Å²) in [6.45, 7) is 6.07. The van der Waals surface area contributed by atoms with Crippen LogP contribution in [0.15, 0.2) is 22.7 Å². The fraction of sp³-hybridized carbons (Fsp3) is 0.538. The van der Waals surface area contributed by atoms with Gasteiger partial charge in [0.25, 0.3) is 0 Å². The van der Waals surface area contributed by atoms with E-state index in [-0.39, 0.29) is 0 Å². The van der Waals surface area contributed by atoms with Gasteiger partial charge in [-0.25, -0.2) is 0 Å². The Morgan fingerprint density at radius 3 is 2.65 bits per heavy atom. The van der Waals surface area contributed by atoms with Crippen molar-refractivity contribution in [1.82, 2.24) is 0 Å². The van der Waals surface area contributed by atoms with Gasteiger partial charge in [0.05, 0.1) is 6.61 Å². The zero-order chi connectivity index (χ0) is 12.8. The second kappa shape index (κ2) is 7.39. The Morgan fingerprint density at radius 2 is 2.12 bits per heavy atom. The molecule has 0 aromatic heterocycles. The summed E-state index contributed by atoms with van der Waals surface area (Å²) in [4.78, 5) is 2.37. The Bertz CT molecular complexity index is 357. The molecule has 0 fully saturated rings. The van der Waals surface area contributed by atoms with Crippen LogP contribution in [0, 0.1) is 0 Å². The molecule has 0 aliphatic rings. The topological polar surface area (TPSA) is 12.5 Å². The maximum absolute atomic E-state index is 5.25. The average Bonchev–Trinajstić information content (AvgIpc) is 2.31. The summed E-state index contributed by atoms with van der Waals surface area (Å²) in [5.74, 6) is 0. The van der Waals surface area contributed by atoms with E-state index in [1.54, 1.807) is 7.11 Å². The van der Waals surface area contributed by atoms with Gasteiger partial charge in [0, 0.05) is 35.2 Å². The monoisotopic (exact) mass is 363 g/mol. The standard InChI is InChI=1S/C13H19Br2NO/c1-4-16(10(2)9-17-3)13-7-12(15)6-5-11(13)8-14/h5-7,10H,4,8-9H2,1-3H3. The van der Waals surface area contributed by atoms with Crippen molar-refractivity contribution in [3.8, 4) is 0 Å². The van der Waals surface area contributed by atoms with Gasteiger partial charge < -0.3 is 9.64 Å². The van der Waals surface area contributed by atoms with Crippen LogP contribution < -0.4 is 4.90 Å². The number of hydrogen-bond acceptors (Lipinski definition) is 2. The van der Waals surface area contributed by atoms with Crippen molar-refractivity contribution in [3.63, 3.8) is 0 Å². The van der Waals surface area contributed by atoms with Crippen LogP contribution in [-0.4, -0.2) is 26.3 Å². The molecule has 4 heteroatoms. The Balaban J connectivity index is 3.05. The summed E-state index contributed by atoms with van der Waals surface area (Å²) in [7, 11) is 1.75. The fourth-order valence-electron chi connectivity index (χ4n) is 1.97. The smallest absolute Gasteiger partial charge is 0.0663 e. The minimum atomic E-state index is 0.372. The number of hydrogen-bond donors (Lipinski definition) is 0. The number of rotatable bonds is 6. The van der Waals surface area contributed by atoms with Crippen molar-refractivity contribution in [2.75, 3.05) is 25.2 Å². The molecule has 17 heavy (non-hydrogen) atoms. The number of halogens is 2. The lowest BCUT2D eigenvalue weighted by molar-refractivity contribution is 0.182. The van der Waals surface area contributed by atoms with E-state index in [0.29, 0.717) is 6.04 Å². The molecule has 0 radical (unpaired) electrons. The Morgan fingerprint density at radius 1 is 1.41 bits per heavy atom. The molecular formula is C13H19Br2NO. The van der Waals surface area contributed by atoms with Gasteiger partial charge in [-0.15, -0.1) is 0 Å². The number of benzene rings is 1. The Labute approximate surface area is 121 Å². The van der Waals surface area contributed by atoms with Crippen LogP contribution in [0.2, 0.25) is 0 Å². The van der Waals surface area contributed by atoms with Gasteiger partial charge in [0.2, 0.25) is 0 Å². The molecule has 0 amide bonds. The molecule has 0 aliphatic carbocycles. The minimum absolute atomic E-state index is 0.372. The number of methoxy groups -OCH3 is 1. The normalized spacial score (nSPS) is 12.5. The maximum Gasteiger partial charge on any atom is 0.0663 e. The highest BCUT2D eigenvalue weighted by molar-refractivity contribution is 9.10. The molecule has 1 rings (SSSR count).